The molecule has 0 atom stereocenters. The van der Waals surface area contributed by atoms with Crippen LogP contribution in [0.3, 0.4) is 0 Å². The summed E-state index contributed by atoms with van der Waals surface area (Å²) in [6.07, 6.45) is 1.37. The van der Waals surface area contributed by atoms with Gasteiger partial charge in [0.1, 0.15) is 4.88 Å². The maximum Gasteiger partial charge on any atom is 0.375 e. The summed E-state index contributed by atoms with van der Waals surface area (Å²) in [7, 11) is 0. The number of carbonyl (C=O) groups excluding carboxylic acids is 1. The molecule has 2 rings (SSSR count). The molecule has 0 aliphatic carbocycles. The Hall–Kier alpha value is -1.36. The summed E-state index contributed by atoms with van der Waals surface area (Å²) in [4.78, 5) is 16.9. The van der Waals surface area contributed by atoms with E-state index in [0.29, 0.717) is 20.5 Å². The van der Waals surface area contributed by atoms with E-state index in [2.05, 4.69) is 5.16 Å². The summed E-state index contributed by atoms with van der Waals surface area (Å²) in [5.74, 6) is -0.487. The number of hydrogen-bond acceptors (Lipinski definition) is 4. The van der Waals surface area contributed by atoms with Gasteiger partial charge >= 0.3 is 5.97 Å². The normalized spacial score (nSPS) is 10.9. The van der Waals surface area contributed by atoms with E-state index in [1.807, 2.05) is 12.3 Å². The van der Waals surface area contributed by atoms with Crippen molar-refractivity contribution in [3.8, 4) is 0 Å². The van der Waals surface area contributed by atoms with Gasteiger partial charge in [-0.15, -0.1) is 11.3 Å². The van der Waals surface area contributed by atoms with Crippen LogP contribution in [-0.4, -0.2) is 12.2 Å². The van der Waals surface area contributed by atoms with Crippen molar-refractivity contribution < 1.29 is 9.63 Å². The molecule has 0 amide bonds. The van der Waals surface area contributed by atoms with Crippen LogP contribution in [0.1, 0.15) is 20.8 Å². The highest BCUT2D eigenvalue weighted by Gasteiger charge is 2.09. The zero-order valence-corrected chi connectivity index (χ0v) is 12.2. The first kappa shape index (κ1) is 14.1. The average molecular weight is 314 g/mol. The Morgan fingerprint density at radius 1 is 1.37 bits per heavy atom. The number of benzene rings is 1. The highest BCUT2D eigenvalue weighted by Crippen LogP contribution is 2.19. The van der Waals surface area contributed by atoms with Crippen LogP contribution in [-0.2, 0) is 4.84 Å². The smallest absolute Gasteiger partial charge is 0.312 e. The minimum absolute atomic E-state index is 0.444. The Bertz CT molecular complexity index is 637. The predicted octanol–water partition coefficient (Wildman–Crippen LogP) is 4.55. The van der Waals surface area contributed by atoms with Crippen LogP contribution in [0, 0.1) is 6.92 Å². The number of thiophene rings is 1. The number of nitrogens with zero attached hydrogens (tertiary/aromatic N) is 1. The van der Waals surface area contributed by atoms with E-state index in [-0.39, 0.29) is 0 Å². The van der Waals surface area contributed by atoms with Crippen molar-refractivity contribution in [3.05, 3.63) is 55.7 Å². The van der Waals surface area contributed by atoms with Crippen molar-refractivity contribution in [2.24, 2.45) is 5.16 Å². The lowest BCUT2D eigenvalue weighted by Gasteiger charge is -1.98. The van der Waals surface area contributed by atoms with Crippen LogP contribution in [0.5, 0.6) is 0 Å². The van der Waals surface area contributed by atoms with Crippen molar-refractivity contribution in [3.63, 3.8) is 0 Å². The third kappa shape index (κ3) is 3.80. The quantitative estimate of drug-likeness (QED) is 0.473. The molecule has 0 saturated heterocycles. The molecule has 98 valence electrons. The Morgan fingerprint density at radius 2 is 2.16 bits per heavy atom. The van der Waals surface area contributed by atoms with Gasteiger partial charge in [-0.25, -0.2) is 4.79 Å². The van der Waals surface area contributed by atoms with Crippen LogP contribution in [0.4, 0.5) is 0 Å². The highest BCUT2D eigenvalue weighted by molar-refractivity contribution is 7.12. The standard InChI is InChI=1S/C13H9Cl2NO2S/c1-8-4-12(19-7-8)13(17)18-16-6-9-2-3-10(14)5-11(9)15/h2-7H,1H3/b16-6+. The van der Waals surface area contributed by atoms with Gasteiger partial charge in [0.15, 0.2) is 0 Å². The van der Waals surface area contributed by atoms with Gasteiger partial charge in [0.05, 0.1) is 11.2 Å². The molecule has 6 heteroatoms. The molecule has 0 aliphatic heterocycles. The molecular formula is C13H9Cl2NO2S. The molecule has 2 aromatic rings. The fourth-order valence-corrected chi connectivity index (χ4v) is 2.55. The van der Waals surface area contributed by atoms with E-state index in [1.165, 1.54) is 17.6 Å². The van der Waals surface area contributed by atoms with E-state index in [4.69, 9.17) is 28.0 Å². The van der Waals surface area contributed by atoms with E-state index in [9.17, 15) is 4.79 Å². The molecule has 19 heavy (non-hydrogen) atoms. The fraction of sp³-hybridized carbons (Fsp3) is 0.0769. The number of oxime groups is 1. The van der Waals surface area contributed by atoms with Gasteiger partial charge in [-0.05, 0) is 36.1 Å². The predicted molar refractivity (Wildman–Crippen MR) is 78.5 cm³/mol. The summed E-state index contributed by atoms with van der Waals surface area (Å²) in [5, 5.41) is 6.47. The Labute approximate surface area is 124 Å². The van der Waals surface area contributed by atoms with Gasteiger partial charge in [-0.3, -0.25) is 0 Å². The van der Waals surface area contributed by atoms with Crippen LogP contribution in [0.15, 0.2) is 34.8 Å². The molecule has 3 nitrogen and oxygen atoms in total. The van der Waals surface area contributed by atoms with Crippen LogP contribution in [0.2, 0.25) is 10.0 Å². The Morgan fingerprint density at radius 3 is 2.79 bits per heavy atom. The topological polar surface area (TPSA) is 38.7 Å². The fourth-order valence-electron chi connectivity index (χ4n) is 1.32. The van der Waals surface area contributed by atoms with Gasteiger partial charge in [0.2, 0.25) is 0 Å². The lowest BCUT2D eigenvalue weighted by atomic mass is 10.2. The van der Waals surface area contributed by atoms with Gasteiger partial charge in [0, 0.05) is 10.6 Å². The summed E-state index contributed by atoms with van der Waals surface area (Å²) in [6.45, 7) is 1.91. The number of rotatable bonds is 3. The zero-order valence-electron chi connectivity index (χ0n) is 9.89. The molecule has 0 bridgehead atoms. The third-order valence-corrected chi connectivity index (χ3v) is 3.81. The van der Waals surface area contributed by atoms with Crippen molar-refractivity contribution in [2.75, 3.05) is 0 Å². The molecule has 1 heterocycles. The third-order valence-electron chi connectivity index (χ3n) is 2.22. The number of carbonyl (C=O) groups is 1. The van der Waals surface area contributed by atoms with Gasteiger partial charge in [-0.1, -0.05) is 34.4 Å². The molecule has 0 unspecified atom stereocenters. The van der Waals surface area contributed by atoms with E-state index in [0.717, 1.165) is 5.56 Å². The Kier molecular flexibility index (Phi) is 4.58. The first-order chi connectivity index (χ1) is 9.06. The summed E-state index contributed by atoms with van der Waals surface area (Å²) in [6, 6.07) is 6.71. The number of halogens is 2. The van der Waals surface area contributed by atoms with Crippen molar-refractivity contribution in [1.29, 1.82) is 0 Å². The molecule has 0 spiro atoms. The maximum absolute atomic E-state index is 11.6. The monoisotopic (exact) mass is 313 g/mol. The zero-order chi connectivity index (χ0) is 13.8. The molecular weight excluding hydrogens is 305 g/mol. The molecule has 0 N–H and O–H groups in total. The van der Waals surface area contributed by atoms with E-state index >= 15 is 0 Å². The van der Waals surface area contributed by atoms with Gasteiger partial charge < -0.3 is 4.84 Å². The van der Waals surface area contributed by atoms with E-state index in [1.54, 1.807) is 24.3 Å². The molecule has 0 saturated carbocycles. The molecule has 1 aromatic heterocycles. The summed E-state index contributed by atoms with van der Waals surface area (Å²) in [5.41, 5.74) is 1.64. The minimum Gasteiger partial charge on any atom is -0.312 e. The summed E-state index contributed by atoms with van der Waals surface area (Å²) < 4.78 is 0. The number of hydrogen-bond donors (Lipinski definition) is 0. The van der Waals surface area contributed by atoms with Crippen LogP contribution < -0.4 is 0 Å². The molecule has 0 aliphatic rings. The number of aryl methyl sites for hydroxylation is 1. The molecule has 1 aromatic carbocycles. The van der Waals surface area contributed by atoms with Crippen molar-refractivity contribution in [2.45, 2.75) is 6.92 Å². The lowest BCUT2D eigenvalue weighted by molar-refractivity contribution is 0.0525. The summed E-state index contributed by atoms with van der Waals surface area (Å²) >= 11 is 13.0. The van der Waals surface area contributed by atoms with Crippen LogP contribution >= 0.6 is 34.5 Å². The largest absolute Gasteiger partial charge is 0.375 e. The van der Waals surface area contributed by atoms with Crippen LogP contribution in [0.25, 0.3) is 0 Å². The van der Waals surface area contributed by atoms with E-state index < -0.39 is 5.97 Å². The SMILES string of the molecule is Cc1csc(C(=O)O/N=C/c2ccc(Cl)cc2Cl)c1. The van der Waals surface area contributed by atoms with Gasteiger partial charge in [0.25, 0.3) is 0 Å². The second-order valence-electron chi connectivity index (χ2n) is 3.77. The molecule has 0 radical (unpaired) electrons. The maximum atomic E-state index is 11.6. The van der Waals surface area contributed by atoms with Gasteiger partial charge in [-0.2, -0.15) is 0 Å². The second kappa shape index (κ2) is 6.19. The average Bonchev–Trinajstić information content (AvgIpc) is 2.78. The van der Waals surface area contributed by atoms with Crippen molar-refractivity contribution >= 4 is 46.7 Å². The lowest BCUT2D eigenvalue weighted by Crippen LogP contribution is -1.98. The highest BCUT2D eigenvalue weighted by atomic mass is 35.5. The first-order valence-corrected chi connectivity index (χ1v) is 6.95. The molecule has 0 fully saturated rings. The minimum atomic E-state index is -0.487. The Balaban J connectivity index is 2.02. The first-order valence-electron chi connectivity index (χ1n) is 5.31. The second-order valence-corrected chi connectivity index (χ2v) is 5.52. The van der Waals surface area contributed by atoms with Crippen molar-refractivity contribution in [1.82, 2.24) is 0 Å².